The third kappa shape index (κ3) is 3.71. The van der Waals surface area contributed by atoms with Gasteiger partial charge in [-0.1, -0.05) is 36.4 Å². The molecule has 0 aliphatic heterocycles. The van der Waals surface area contributed by atoms with E-state index in [1.54, 1.807) is 18.3 Å². The van der Waals surface area contributed by atoms with E-state index in [0.717, 1.165) is 11.1 Å². The summed E-state index contributed by atoms with van der Waals surface area (Å²) in [5.41, 5.74) is 1.94. The van der Waals surface area contributed by atoms with Gasteiger partial charge < -0.3 is 9.84 Å². The highest BCUT2D eigenvalue weighted by Crippen LogP contribution is 2.09. The van der Waals surface area contributed by atoms with E-state index >= 15 is 0 Å². The van der Waals surface area contributed by atoms with Crippen LogP contribution >= 0.6 is 0 Å². The zero-order valence-electron chi connectivity index (χ0n) is 9.99. The van der Waals surface area contributed by atoms with Crippen molar-refractivity contribution in [3.63, 3.8) is 0 Å². The first-order valence-electron chi connectivity index (χ1n) is 5.78. The molecule has 0 radical (unpaired) electrons. The zero-order chi connectivity index (χ0) is 12.6. The molecule has 0 spiro atoms. The van der Waals surface area contributed by atoms with Gasteiger partial charge in [-0.15, -0.1) is 0 Å². The maximum atomic E-state index is 8.98. The molecular formula is C15H15NO2. The molecule has 0 amide bonds. The average Bonchev–Trinajstić information content (AvgIpc) is 2.45. The summed E-state index contributed by atoms with van der Waals surface area (Å²) in [7, 11) is 0. The molecule has 1 aromatic heterocycles. The van der Waals surface area contributed by atoms with Crippen LogP contribution in [0.2, 0.25) is 0 Å². The Morgan fingerprint density at radius 2 is 2.00 bits per heavy atom. The molecule has 1 N–H and O–H groups in total. The Bertz CT molecular complexity index is 509. The first-order chi connectivity index (χ1) is 8.88. The standard InChI is InChI=1S/C15H15NO2/c17-12-14-8-9-16-15(11-14)18-10-4-7-13-5-2-1-3-6-13/h1-9,11,17H,10,12H2/b7-4+. The smallest absolute Gasteiger partial charge is 0.213 e. The van der Waals surface area contributed by atoms with Crippen molar-refractivity contribution < 1.29 is 9.84 Å². The van der Waals surface area contributed by atoms with Crippen molar-refractivity contribution in [3.05, 3.63) is 65.9 Å². The Morgan fingerprint density at radius 1 is 1.17 bits per heavy atom. The number of aliphatic hydroxyl groups excluding tert-OH is 1. The fourth-order valence-corrected chi connectivity index (χ4v) is 1.51. The van der Waals surface area contributed by atoms with Gasteiger partial charge in [0.05, 0.1) is 6.61 Å². The van der Waals surface area contributed by atoms with Crippen LogP contribution in [-0.4, -0.2) is 16.7 Å². The van der Waals surface area contributed by atoms with Gasteiger partial charge >= 0.3 is 0 Å². The molecule has 0 bridgehead atoms. The highest BCUT2D eigenvalue weighted by atomic mass is 16.5. The number of hydrogen-bond donors (Lipinski definition) is 1. The summed E-state index contributed by atoms with van der Waals surface area (Å²) in [6, 6.07) is 13.5. The fourth-order valence-electron chi connectivity index (χ4n) is 1.51. The highest BCUT2D eigenvalue weighted by Gasteiger charge is 1.95. The summed E-state index contributed by atoms with van der Waals surface area (Å²) in [5, 5.41) is 8.98. The number of rotatable bonds is 5. The van der Waals surface area contributed by atoms with E-state index in [1.165, 1.54) is 0 Å². The van der Waals surface area contributed by atoms with E-state index < -0.39 is 0 Å². The number of aliphatic hydroxyl groups is 1. The van der Waals surface area contributed by atoms with Crippen molar-refractivity contribution in [2.75, 3.05) is 6.61 Å². The van der Waals surface area contributed by atoms with Crippen LogP contribution in [0.25, 0.3) is 6.08 Å². The van der Waals surface area contributed by atoms with Crippen LogP contribution in [0.4, 0.5) is 0 Å². The molecule has 3 heteroatoms. The van der Waals surface area contributed by atoms with Gasteiger partial charge in [-0.05, 0) is 23.3 Å². The predicted octanol–water partition coefficient (Wildman–Crippen LogP) is 2.67. The molecule has 1 heterocycles. The van der Waals surface area contributed by atoms with Crippen LogP contribution < -0.4 is 4.74 Å². The number of nitrogens with zero attached hydrogens (tertiary/aromatic N) is 1. The van der Waals surface area contributed by atoms with Crippen LogP contribution in [-0.2, 0) is 6.61 Å². The number of pyridine rings is 1. The van der Waals surface area contributed by atoms with E-state index in [4.69, 9.17) is 9.84 Å². The van der Waals surface area contributed by atoms with E-state index in [2.05, 4.69) is 4.98 Å². The van der Waals surface area contributed by atoms with Gasteiger partial charge in [-0.2, -0.15) is 0 Å². The van der Waals surface area contributed by atoms with Gasteiger partial charge in [0.2, 0.25) is 5.88 Å². The summed E-state index contributed by atoms with van der Waals surface area (Å²) >= 11 is 0. The van der Waals surface area contributed by atoms with Gasteiger partial charge in [-0.25, -0.2) is 4.98 Å². The van der Waals surface area contributed by atoms with E-state index in [0.29, 0.717) is 12.5 Å². The average molecular weight is 241 g/mol. The predicted molar refractivity (Wildman–Crippen MR) is 71.1 cm³/mol. The lowest BCUT2D eigenvalue weighted by molar-refractivity contribution is 0.279. The molecule has 0 atom stereocenters. The monoisotopic (exact) mass is 241 g/mol. The van der Waals surface area contributed by atoms with Crippen LogP contribution in [0, 0.1) is 0 Å². The van der Waals surface area contributed by atoms with Crippen LogP contribution in [0.15, 0.2) is 54.7 Å². The highest BCUT2D eigenvalue weighted by molar-refractivity contribution is 5.48. The second kappa shape index (κ2) is 6.57. The van der Waals surface area contributed by atoms with E-state index in [9.17, 15) is 0 Å². The quantitative estimate of drug-likeness (QED) is 0.875. The largest absolute Gasteiger partial charge is 0.473 e. The lowest BCUT2D eigenvalue weighted by atomic mass is 10.2. The summed E-state index contributed by atoms with van der Waals surface area (Å²) in [6.07, 6.45) is 5.56. The van der Waals surface area contributed by atoms with Gasteiger partial charge in [0, 0.05) is 12.3 Å². The molecule has 0 aliphatic carbocycles. The molecule has 18 heavy (non-hydrogen) atoms. The first-order valence-corrected chi connectivity index (χ1v) is 5.78. The summed E-state index contributed by atoms with van der Waals surface area (Å²) < 4.78 is 5.46. The number of aromatic nitrogens is 1. The Balaban J connectivity index is 1.86. The number of hydrogen-bond acceptors (Lipinski definition) is 3. The lowest BCUT2D eigenvalue weighted by Crippen LogP contribution is -1.96. The number of ether oxygens (including phenoxy) is 1. The molecule has 0 aliphatic rings. The topological polar surface area (TPSA) is 42.4 Å². The zero-order valence-corrected chi connectivity index (χ0v) is 9.99. The normalized spacial score (nSPS) is 10.7. The van der Waals surface area contributed by atoms with Crippen molar-refractivity contribution in [1.29, 1.82) is 0 Å². The number of benzene rings is 1. The van der Waals surface area contributed by atoms with Crippen LogP contribution in [0.3, 0.4) is 0 Å². The third-order valence-corrected chi connectivity index (χ3v) is 2.42. The minimum absolute atomic E-state index is 0.00126. The van der Waals surface area contributed by atoms with E-state index in [-0.39, 0.29) is 6.61 Å². The molecule has 0 unspecified atom stereocenters. The van der Waals surface area contributed by atoms with Gasteiger partial charge in [0.1, 0.15) is 6.61 Å². The Hall–Kier alpha value is -2.13. The summed E-state index contributed by atoms with van der Waals surface area (Å²) in [6.45, 7) is 0.454. The minimum atomic E-state index is -0.00126. The molecular weight excluding hydrogens is 226 g/mol. The fraction of sp³-hybridized carbons (Fsp3) is 0.133. The molecule has 1 aromatic carbocycles. The van der Waals surface area contributed by atoms with Gasteiger partial charge in [0.15, 0.2) is 0 Å². The van der Waals surface area contributed by atoms with Crippen molar-refractivity contribution in [2.24, 2.45) is 0 Å². The first kappa shape index (κ1) is 12.3. The second-order valence-electron chi connectivity index (χ2n) is 3.78. The van der Waals surface area contributed by atoms with Crippen LogP contribution in [0.1, 0.15) is 11.1 Å². The molecule has 2 rings (SSSR count). The van der Waals surface area contributed by atoms with Crippen molar-refractivity contribution in [1.82, 2.24) is 4.98 Å². The molecule has 92 valence electrons. The van der Waals surface area contributed by atoms with E-state index in [1.807, 2.05) is 42.5 Å². The summed E-state index contributed by atoms with van der Waals surface area (Å²) in [5.74, 6) is 0.527. The van der Waals surface area contributed by atoms with Crippen LogP contribution in [0.5, 0.6) is 5.88 Å². The molecule has 0 saturated carbocycles. The molecule has 3 nitrogen and oxygen atoms in total. The molecule has 0 fully saturated rings. The summed E-state index contributed by atoms with van der Waals surface area (Å²) in [4.78, 5) is 4.06. The van der Waals surface area contributed by atoms with Crippen molar-refractivity contribution >= 4 is 6.08 Å². The maximum absolute atomic E-state index is 8.98. The minimum Gasteiger partial charge on any atom is -0.473 e. The maximum Gasteiger partial charge on any atom is 0.213 e. The lowest BCUT2D eigenvalue weighted by Gasteiger charge is -2.03. The van der Waals surface area contributed by atoms with Gasteiger partial charge in [0.25, 0.3) is 0 Å². The van der Waals surface area contributed by atoms with Crippen molar-refractivity contribution in [2.45, 2.75) is 6.61 Å². The second-order valence-corrected chi connectivity index (χ2v) is 3.78. The SMILES string of the molecule is OCc1ccnc(OC/C=C/c2ccccc2)c1. The van der Waals surface area contributed by atoms with Crippen molar-refractivity contribution in [3.8, 4) is 5.88 Å². The Labute approximate surface area is 106 Å². The Kier molecular flexibility index (Phi) is 4.50. The Morgan fingerprint density at radius 3 is 2.78 bits per heavy atom. The van der Waals surface area contributed by atoms with Gasteiger partial charge in [-0.3, -0.25) is 0 Å². The molecule has 0 saturated heterocycles. The molecule has 2 aromatic rings. The third-order valence-electron chi connectivity index (χ3n) is 2.42.